The molecule has 0 unspecified atom stereocenters. The molecule has 1 heterocycles. The molecular formula is C24H35NOP2. The number of anilines is 2. The molecule has 0 saturated carbocycles. The van der Waals surface area contributed by atoms with Gasteiger partial charge in [0.2, 0.25) is 0 Å². The van der Waals surface area contributed by atoms with Crippen molar-refractivity contribution in [1.82, 2.24) is 0 Å². The maximum absolute atomic E-state index is 6.76. The summed E-state index contributed by atoms with van der Waals surface area (Å²) in [6.07, 6.45) is 10.1. The molecule has 4 heteroatoms. The second kappa shape index (κ2) is 10.6. The summed E-state index contributed by atoms with van der Waals surface area (Å²) < 4.78 is 6.76. The number of nitrogens with one attached hydrogen (secondary N) is 1. The standard InChI is InChI=1S/C24H35NOP2/c1-5-15-27(16-6-2)21-13-9-11-19-23(21)26-24-20(25-19)12-10-14-22(24)28(17-7-3)18-8-4/h9-14,25H,5-8,15-18H2,1-4H3. The zero-order valence-electron chi connectivity index (χ0n) is 17.9. The van der Waals surface area contributed by atoms with Crippen molar-refractivity contribution in [2.24, 2.45) is 0 Å². The van der Waals surface area contributed by atoms with Crippen LogP contribution >= 0.6 is 15.8 Å². The zero-order chi connectivity index (χ0) is 19.9. The minimum Gasteiger partial charge on any atom is -0.452 e. The Hall–Kier alpha value is -1.10. The highest BCUT2D eigenvalue weighted by Crippen LogP contribution is 2.50. The maximum atomic E-state index is 6.76. The lowest BCUT2D eigenvalue weighted by Gasteiger charge is -2.30. The van der Waals surface area contributed by atoms with Crippen molar-refractivity contribution in [2.75, 3.05) is 30.0 Å². The van der Waals surface area contributed by atoms with E-state index in [1.165, 1.54) is 60.9 Å². The first-order valence-corrected chi connectivity index (χ1v) is 14.4. The Morgan fingerprint density at radius 3 is 1.39 bits per heavy atom. The van der Waals surface area contributed by atoms with Gasteiger partial charge < -0.3 is 10.1 Å². The molecule has 2 aromatic rings. The molecule has 2 nitrogen and oxygen atoms in total. The molecule has 1 aliphatic rings. The van der Waals surface area contributed by atoms with Crippen LogP contribution in [0.2, 0.25) is 0 Å². The summed E-state index contributed by atoms with van der Waals surface area (Å²) in [6, 6.07) is 13.3. The van der Waals surface area contributed by atoms with Gasteiger partial charge in [0.15, 0.2) is 11.5 Å². The third-order valence-electron chi connectivity index (χ3n) is 5.12. The molecule has 0 saturated heterocycles. The van der Waals surface area contributed by atoms with Crippen molar-refractivity contribution in [3.05, 3.63) is 36.4 Å². The van der Waals surface area contributed by atoms with Gasteiger partial charge in [0.05, 0.1) is 11.4 Å². The normalized spacial score (nSPS) is 12.5. The van der Waals surface area contributed by atoms with Crippen LogP contribution in [-0.4, -0.2) is 24.6 Å². The highest BCUT2D eigenvalue weighted by Gasteiger charge is 2.26. The Balaban J connectivity index is 2.01. The van der Waals surface area contributed by atoms with Crippen molar-refractivity contribution < 1.29 is 4.74 Å². The van der Waals surface area contributed by atoms with Crippen LogP contribution in [0.4, 0.5) is 11.4 Å². The Kier molecular flexibility index (Phi) is 8.19. The van der Waals surface area contributed by atoms with Gasteiger partial charge in [0, 0.05) is 10.6 Å². The average Bonchev–Trinajstić information content (AvgIpc) is 2.71. The number of para-hydroxylation sites is 2. The molecule has 0 amide bonds. The largest absolute Gasteiger partial charge is 0.452 e. The van der Waals surface area contributed by atoms with Crippen LogP contribution in [0.15, 0.2) is 36.4 Å². The van der Waals surface area contributed by atoms with Crippen LogP contribution in [0.25, 0.3) is 0 Å². The van der Waals surface area contributed by atoms with Crippen molar-refractivity contribution in [3.63, 3.8) is 0 Å². The van der Waals surface area contributed by atoms with Crippen LogP contribution in [-0.2, 0) is 0 Å². The summed E-state index contributed by atoms with van der Waals surface area (Å²) in [6.45, 7) is 9.20. The lowest BCUT2D eigenvalue weighted by atomic mass is 10.2. The van der Waals surface area contributed by atoms with E-state index >= 15 is 0 Å². The average molecular weight is 415 g/mol. The number of fused-ring (bicyclic) bond motifs is 2. The van der Waals surface area contributed by atoms with E-state index in [0.717, 1.165) is 22.9 Å². The van der Waals surface area contributed by atoms with Gasteiger partial charge in [-0.1, -0.05) is 93.5 Å². The van der Waals surface area contributed by atoms with E-state index in [9.17, 15) is 0 Å². The SMILES string of the molecule is CCCP(CCC)c1cccc2c1Oc1c(cccc1P(CCC)CCC)N2. The Bertz CT molecular complexity index is 702. The van der Waals surface area contributed by atoms with Crippen molar-refractivity contribution in [3.8, 4) is 11.5 Å². The summed E-state index contributed by atoms with van der Waals surface area (Å²) in [5, 5.41) is 6.58. The van der Waals surface area contributed by atoms with Crippen molar-refractivity contribution in [2.45, 2.75) is 53.4 Å². The minimum absolute atomic E-state index is 0.158. The third kappa shape index (κ3) is 4.72. The van der Waals surface area contributed by atoms with E-state index in [4.69, 9.17) is 4.74 Å². The first-order valence-electron chi connectivity index (χ1n) is 10.9. The van der Waals surface area contributed by atoms with Gasteiger partial charge in [0.1, 0.15) is 0 Å². The van der Waals surface area contributed by atoms with Crippen LogP contribution < -0.4 is 20.7 Å². The third-order valence-corrected chi connectivity index (χ3v) is 11.1. The van der Waals surface area contributed by atoms with E-state index in [0.29, 0.717) is 0 Å². The number of benzene rings is 2. The smallest absolute Gasteiger partial charge is 0.158 e. The van der Waals surface area contributed by atoms with E-state index in [1.807, 2.05) is 0 Å². The maximum Gasteiger partial charge on any atom is 0.158 e. The molecular weight excluding hydrogens is 380 g/mol. The summed E-state index contributed by atoms with van der Waals surface area (Å²) >= 11 is 0. The van der Waals surface area contributed by atoms with Crippen molar-refractivity contribution >= 4 is 37.8 Å². The molecule has 152 valence electrons. The molecule has 28 heavy (non-hydrogen) atoms. The van der Waals surface area contributed by atoms with Crippen LogP contribution in [0.5, 0.6) is 11.5 Å². The fraction of sp³-hybridized carbons (Fsp3) is 0.500. The molecule has 2 aromatic carbocycles. The topological polar surface area (TPSA) is 21.3 Å². The van der Waals surface area contributed by atoms with Crippen LogP contribution in [0, 0.1) is 0 Å². The monoisotopic (exact) mass is 415 g/mol. The van der Waals surface area contributed by atoms with Gasteiger partial charge in [0.25, 0.3) is 0 Å². The zero-order valence-corrected chi connectivity index (χ0v) is 19.7. The predicted molar refractivity (Wildman–Crippen MR) is 130 cm³/mol. The lowest BCUT2D eigenvalue weighted by Crippen LogP contribution is -2.19. The van der Waals surface area contributed by atoms with Crippen molar-refractivity contribution in [1.29, 1.82) is 0 Å². The second-order valence-corrected chi connectivity index (χ2v) is 12.4. The predicted octanol–water partition coefficient (Wildman–Crippen LogP) is 7.39. The van der Waals surface area contributed by atoms with Crippen LogP contribution in [0.1, 0.15) is 53.4 Å². The summed E-state index contributed by atoms with van der Waals surface area (Å²) in [4.78, 5) is 0. The molecule has 3 rings (SSSR count). The van der Waals surface area contributed by atoms with E-state index in [2.05, 4.69) is 69.4 Å². The Morgan fingerprint density at radius 2 is 1.04 bits per heavy atom. The lowest BCUT2D eigenvalue weighted by molar-refractivity contribution is 0.489. The van der Waals surface area contributed by atoms with Gasteiger partial charge in [-0.2, -0.15) is 0 Å². The molecule has 0 aromatic heterocycles. The number of hydrogen-bond donors (Lipinski definition) is 1. The van der Waals surface area contributed by atoms with Gasteiger partial charge in [-0.25, -0.2) is 0 Å². The number of rotatable bonds is 10. The number of hydrogen-bond acceptors (Lipinski definition) is 2. The van der Waals surface area contributed by atoms with E-state index < -0.39 is 0 Å². The van der Waals surface area contributed by atoms with Gasteiger partial charge in [-0.3, -0.25) is 0 Å². The highest BCUT2D eigenvalue weighted by atomic mass is 31.1. The quantitative estimate of drug-likeness (QED) is 0.349. The highest BCUT2D eigenvalue weighted by molar-refractivity contribution is 7.66. The molecule has 1 aliphatic heterocycles. The fourth-order valence-corrected chi connectivity index (χ4v) is 9.06. The molecule has 0 radical (unpaired) electrons. The Labute approximate surface area is 174 Å². The van der Waals surface area contributed by atoms with E-state index in [-0.39, 0.29) is 15.8 Å². The van der Waals surface area contributed by atoms with E-state index in [1.54, 1.807) is 0 Å². The first-order chi connectivity index (χ1) is 13.7. The molecule has 0 atom stereocenters. The Morgan fingerprint density at radius 1 is 0.643 bits per heavy atom. The summed E-state index contributed by atoms with van der Waals surface area (Å²) in [7, 11) is -0.316. The van der Waals surface area contributed by atoms with Gasteiger partial charge in [-0.15, -0.1) is 0 Å². The second-order valence-electron chi connectivity index (χ2n) is 7.51. The first kappa shape index (κ1) is 21.6. The molecule has 0 spiro atoms. The molecule has 0 bridgehead atoms. The number of ether oxygens (including phenoxy) is 1. The molecule has 0 aliphatic carbocycles. The summed E-state index contributed by atoms with van der Waals surface area (Å²) in [5.74, 6) is 2.19. The van der Waals surface area contributed by atoms with Gasteiger partial charge in [-0.05, 0) is 36.8 Å². The van der Waals surface area contributed by atoms with Crippen LogP contribution in [0.3, 0.4) is 0 Å². The fourth-order valence-electron chi connectivity index (χ4n) is 3.99. The summed E-state index contributed by atoms with van der Waals surface area (Å²) in [5.41, 5.74) is 2.27. The minimum atomic E-state index is -0.158. The molecule has 0 fully saturated rings. The molecule has 1 N–H and O–H groups in total. The van der Waals surface area contributed by atoms with Gasteiger partial charge >= 0.3 is 0 Å².